The van der Waals surface area contributed by atoms with Crippen molar-refractivity contribution in [2.24, 2.45) is 0 Å². The number of carbonyl (C=O) groups is 1. The molecule has 1 N–H and O–H groups in total. The van der Waals surface area contributed by atoms with E-state index in [2.05, 4.69) is 11.2 Å². The van der Waals surface area contributed by atoms with Gasteiger partial charge in [0.05, 0.1) is 11.6 Å². The third kappa shape index (κ3) is 4.00. The predicted octanol–water partition coefficient (Wildman–Crippen LogP) is 0.428. The van der Waals surface area contributed by atoms with E-state index >= 15 is 0 Å². The summed E-state index contributed by atoms with van der Waals surface area (Å²) in [7, 11) is 0. The summed E-state index contributed by atoms with van der Waals surface area (Å²) in [5.41, 5.74) is -0.659. The van der Waals surface area contributed by atoms with Crippen molar-refractivity contribution in [2.75, 3.05) is 0 Å². The van der Waals surface area contributed by atoms with Crippen LogP contribution in [0.5, 0.6) is 0 Å². The monoisotopic (exact) mass is 150 g/mol. The second-order valence-corrected chi connectivity index (χ2v) is 2.65. The number of carbonyl (C=O) groups excluding carboxylic acids is 1. The number of nitriles is 1. The van der Waals surface area contributed by atoms with Crippen molar-refractivity contribution in [1.82, 2.24) is 5.32 Å². The fourth-order valence-electron chi connectivity index (χ4n) is 0.501. The highest BCUT2D eigenvalue weighted by atomic mass is 16.1. The summed E-state index contributed by atoms with van der Waals surface area (Å²) in [5, 5.41) is 10.7. The quantitative estimate of drug-likeness (QED) is 0.580. The molecule has 0 aliphatic carbocycles. The van der Waals surface area contributed by atoms with Gasteiger partial charge >= 0.3 is 0 Å². The van der Waals surface area contributed by atoms with Crippen LogP contribution in [0.2, 0.25) is 0 Å². The van der Waals surface area contributed by atoms with Gasteiger partial charge in [-0.15, -0.1) is 6.42 Å². The molecule has 0 spiro atoms. The third-order valence-corrected chi connectivity index (χ3v) is 1.05. The summed E-state index contributed by atoms with van der Waals surface area (Å²) in [4.78, 5) is 10.8. The van der Waals surface area contributed by atoms with Crippen molar-refractivity contribution in [3.05, 3.63) is 0 Å². The zero-order valence-corrected chi connectivity index (χ0v) is 6.64. The third-order valence-electron chi connectivity index (χ3n) is 1.05. The number of rotatable bonds is 2. The van der Waals surface area contributed by atoms with Crippen LogP contribution in [0.1, 0.15) is 20.3 Å². The van der Waals surface area contributed by atoms with Crippen LogP contribution in [0.4, 0.5) is 0 Å². The van der Waals surface area contributed by atoms with E-state index in [1.807, 2.05) is 0 Å². The first-order chi connectivity index (χ1) is 5.02. The molecule has 0 heterocycles. The van der Waals surface area contributed by atoms with Gasteiger partial charge in [-0.25, -0.2) is 0 Å². The Labute approximate surface area is 66.4 Å². The van der Waals surface area contributed by atoms with E-state index in [0.29, 0.717) is 0 Å². The van der Waals surface area contributed by atoms with Gasteiger partial charge in [0.25, 0.3) is 0 Å². The Morgan fingerprint density at radius 3 is 2.64 bits per heavy atom. The molecule has 1 amide bonds. The molecule has 0 saturated carbocycles. The zero-order chi connectivity index (χ0) is 8.91. The molecule has 0 unspecified atom stereocenters. The van der Waals surface area contributed by atoms with E-state index in [9.17, 15) is 4.79 Å². The minimum atomic E-state index is -0.659. The van der Waals surface area contributed by atoms with Crippen molar-refractivity contribution in [1.29, 1.82) is 5.26 Å². The maximum Gasteiger partial charge on any atom is 0.235 e. The van der Waals surface area contributed by atoms with Crippen LogP contribution in [-0.2, 0) is 4.79 Å². The van der Waals surface area contributed by atoms with Crippen LogP contribution in [0.15, 0.2) is 0 Å². The van der Waals surface area contributed by atoms with Crippen LogP contribution in [0.25, 0.3) is 0 Å². The number of terminal acetylenes is 1. The molecule has 0 bridgehead atoms. The Bertz CT molecular complexity index is 229. The molecule has 58 valence electrons. The molecule has 0 aromatic carbocycles. The first kappa shape index (κ1) is 9.52. The van der Waals surface area contributed by atoms with Crippen LogP contribution in [-0.4, -0.2) is 11.4 Å². The maximum atomic E-state index is 10.8. The fraction of sp³-hybridized carbons (Fsp3) is 0.500. The summed E-state index contributed by atoms with van der Waals surface area (Å²) in [6, 6.07) is 1.73. The molecule has 3 heteroatoms. The highest BCUT2D eigenvalue weighted by Gasteiger charge is 2.15. The second kappa shape index (κ2) is 3.63. The summed E-state index contributed by atoms with van der Waals surface area (Å²) < 4.78 is 0. The van der Waals surface area contributed by atoms with E-state index in [-0.39, 0.29) is 12.3 Å². The average Bonchev–Trinajstić information content (AvgIpc) is 1.87. The zero-order valence-electron chi connectivity index (χ0n) is 6.64. The van der Waals surface area contributed by atoms with E-state index in [4.69, 9.17) is 11.7 Å². The lowest BCUT2D eigenvalue weighted by Crippen LogP contribution is -2.41. The van der Waals surface area contributed by atoms with Gasteiger partial charge in [-0.05, 0) is 13.8 Å². The number of hydrogen-bond acceptors (Lipinski definition) is 2. The molecule has 0 aromatic rings. The van der Waals surface area contributed by atoms with Crippen molar-refractivity contribution in [3.63, 3.8) is 0 Å². The van der Waals surface area contributed by atoms with Gasteiger partial charge in [-0.2, -0.15) is 5.26 Å². The van der Waals surface area contributed by atoms with Crippen LogP contribution in [0.3, 0.4) is 0 Å². The van der Waals surface area contributed by atoms with Gasteiger partial charge in [0.15, 0.2) is 0 Å². The smallest absolute Gasteiger partial charge is 0.235 e. The van der Waals surface area contributed by atoms with Crippen LogP contribution in [0, 0.1) is 23.7 Å². The Kier molecular flexibility index (Phi) is 3.14. The standard InChI is InChI=1S/C8H10N2O/c1-4-8(2,3)10-7(11)5-6-9/h1H,5H2,2-3H3,(H,10,11). The van der Waals surface area contributed by atoms with E-state index in [0.717, 1.165) is 0 Å². The molecule has 0 fully saturated rings. The van der Waals surface area contributed by atoms with Gasteiger partial charge in [0.2, 0.25) is 5.91 Å². The normalized spacial score (nSPS) is 9.45. The number of nitrogens with zero attached hydrogens (tertiary/aromatic N) is 1. The molecule has 0 atom stereocenters. The van der Waals surface area contributed by atoms with Crippen LogP contribution < -0.4 is 5.32 Å². The van der Waals surface area contributed by atoms with Gasteiger partial charge < -0.3 is 5.32 Å². The lowest BCUT2D eigenvalue weighted by molar-refractivity contribution is -0.121. The molecule has 0 aliphatic heterocycles. The van der Waals surface area contributed by atoms with Gasteiger partial charge in [-0.3, -0.25) is 4.79 Å². The molecular formula is C8H10N2O. The predicted molar refractivity (Wildman–Crippen MR) is 41.3 cm³/mol. The highest BCUT2D eigenvalue weighted by molar-refractivity contribution is 5.79. The Morgan fingerprint density at radius 1 is 1.73 bits per heavy atom. The molecule has 0 radical (unpaired) electrons. The first-order valence-corrected chi connectivity index (χ1v) is 3.17. The van der Waals surface area contributed by atoms with Crippen molar-refractivity contribution >= 4 is 5.91 Å². The molecule has 11 heavy (non-hydrogen) atoms. The van der Waals surface area contributed by atoms with E-state index in [1.165, 1.54) is 0 Å². The van der Waals surface area contributed by atoms with Gasteiger partial charge in [0.1, 0.15) is 6.42 Å². The van der Waals surface area contributed by atoms with Gasteiger partial charge in [0, 0.05) is 0 Å². The fourth-order valence-corrected chi connectivity index (χ4v) is 0.501. The summed E-state index contributed by atoms with van der Waals surface area (Å²) >= 11 is 0. The molecular weight excluding hydrogens is 140 g/mol. The number of hydrogen-bond donors (Lipinski definition) is 1. The number of nitrogens with one attached hydrogen (secondary N) is 1. The van der Waals surface area contributed by atoms with Crippen molar-refractivity contribution < 1.29 is 4.79 Å². The summed E-state index contributed by atoms with van der Waals surface area (Å²) in [5.74, 6) is 2.05. The van der Waals surface area contributed by atoms with Crippen molar-refractivity contribution in [2.45, 2.75) is 25.8 Å². The maximum absolute atomic E-state index is 10.8. The minimum Gasteiger partial charge on any atom is -0.339 e. The highest BCUT2D eigenvalue weighted by Crippen LogP contribution is 1.98. The SMILES string of the molecule is C#CC(C)(C)NC(=O)CC#N. The Hall–Kier alpha value is -1.48. The lowest BCUT2D eigenvalue weighted by atomic mass is 10.1. The van der Waals surface area contributed by atoms with Crippen LogP contribution >= 0.6 is 0 Å². The van der Waals surface area contributed by atoms with Crippen molar-refractivity contribution in [3.8, 4) is 18.4 Å². The average molecular weight is 150 g/mol. The first-order valence-electron chi connectivity index (χ1n) is 3.17. The van der Waals surface area contributed by atoms with E-state index < -0.39 is 5.54 Å². The lowest BCUT2D eigenvalue weighted by Gasteiger charge is -2.18. The van der Waals surface area contributed by atoms with Gasteiger partial charge in [-0.1, -0.05) is 5.92 Å². The molecule has 3 nitrogen and oxygen atoms in total. The second-order valence-electron chi connectivity index (χ2n) is 2.65. The summed E-state index contributed by atoms with van der Waals surface area (Å²) in [6.45, 7) is 3.39. The Morgan fingerprint density at radius 2 is 2.27 bits per heavy atom. The topological polar surface area (TPSA) is 52.9 Å². The number of amides is 1. The Balaban J connectivity index is 3.99. The minimum absolute atomic E-state index is 0.148. The molecule has 0 rings (SSSR count). The van der Waals surface area contributed by atoms with E-state index in [1.54, 1.807) is 19.9 Å². The molecule has 0 saturated heterocycles. The summed E-state index contributed by atoms with van der Waals surface area (Å²) in [6.07, 6.45) is 4.96. The largest absolute Gasteiger partial charge is 0.339 e. The molecule has 0 aromatic heterocycles. The molecule has 0 aliphatic rings.